The van der Waals surface area contributed by atoms with Crippen molar-refractivity contribution >= 4 is 22.6 Å². The van der Waals surface area contributed by atoms with E-state index in [-0.39, 0.29) is 12.0 Å². The number of aliphatic hydroxyl groups is 1. The summed E-state index contributed by atoms with van der Waals surface area (Å²) in [6.45, 7) is 3.22. The van der Waals surface area contributed by atoms with E-state index in [9.17, 15) is 9.90 Å². The zero-order valence-corrected chi connectivity index (χ0v) is 20.4. The van der Waals surface area contributed by atoms with Crippen LogP contribution in [0.3, 0.4) is 0 Å². The summed E-state index contributed by atoms with van der Waals surface area (Å²) in [6.07, 6.45) is 7.07. The number of carbonyl (C=O) groups excluding carboxylic acids is 1. The summed E-state index contributed by atoms with van der Waals surface area (Å²) >= 11 is 0. The standard InChI is InChI=1S/C28H35N5O2/c1-29-15-19-6-8-20(9-7-19)16-31-28(35)24-14-26(32-25-5-3-2-4-23(24)25)21-10-11-27(30-17-21)33-13-12-22(34)18-33/h2-5,10-11,14,17,19-20,22,29,34H,6-9,12-13,15-16,18H2,1H3,(H,31,35)/t19?,20?,22-/m1/s1. The molecule has 2 fully saturated rings. The normalized spacial score (nSPS) is 22.5. The number of β-amino-alcohol motifs (C(OH)–C–C–N with tert-alkyl or cyclic N) is 1. The first-order valence-electron chi connectivity index (χ1n) is 12.8. The van der Waals surface area contributed by atoms with Gasteiger partial charge < -0.3 is 20.6 Å². The molecule has 7 nitrogen and oxygen atoms in total. The number of nitrogens with one attached hydrogen (secondary N) is 2. The highest BCUT2D eigenvalue weighted by Crippen LogP contribution is 2.29. The molecule has 2 aliphatic rings. The van der Waals surface area contributed by atoms with E-state index in [4.69, 9.17) is 4.98 Å². The van der Waals surface area contributed by atoms with Gasteiger partial charge in [0.25, 0.3) is 5.91 Å². The van der Waals surface area contributed by atoms with Crippen molar-refractivity contribution in [3.05, 3.63) is 54.2 Å². The average molecular weight is 474 g/mol. The van der Waals surface area contributed by atoms with E-state index >= 15 is 0 Å². The van der Waals surface area contributed by atoms with Crippen molar-refractivity contribution in [2.24, 2.45) is 11.8 Å². The smallest absolute Gasteiger partial charge is 0.252 e. The van der Waals surface area contributed by atoms with E-state index in [0.717, 1.165) is 60.0 Å². The van der Waals surface area contributed by atoms with Crippen LogP contribution in [-0.2, 0) is 0 Å². The molecule has 3 N–H and O–H groups in total. The van der Waals surface area contributed by atoms with Crippen LogP contribution in [0, 0.1) is 11.8 Å². The lowest BCUT2D eigenvalue weighted by atomic mass is 9.82. The van der Waals surface area contributed by atoms with Crippen LogP contribution < -0.4 is 15.5 Å². The van der Waals surface area contributed by atoms with Crippen molar-refractivity contribution in [2.75, 3.05) is 38.1 Å². The Morgan fingerprint density at radius 2 is 1.83 bits per heavy atom. The largest absolute Gasteiger partial charge is 0.391 e. The molecule has 7 heteroatoms. The van der Waals surface area contributed by atoms with Crippen LogP contribution in [0.1, 0.15) is 42.5 Å². The van der Waals surface area contributed by atoms with Gasteiger partial charge in [-0.25, -0.2) is 9.97 Å². The fourth-order valence-corrected chi connectivity index (χ4v) is 5.45. The number of amides is 1. The number of rotatable bonds is 7. The maximum atomic E-state index is 13.3. The Labute approximate surface area is 207 Å². The number of aliphatic hydroxyl groups excluding tert-OH is 1. The van der Waals surface area contributed by atoms with Crippen molar-refractivity contribution in [3.8, 4) is 11.3 Å². The van der Waals surface area contributed by atoms with E-state index in [1.54, 1.807) is 0 Å². The van der Waals surface area contributed by atoms with Gasteiger partial charge >= 0.3 is 0 Å². The van der Waals surface area contributed by atoms with Crippen LogP contribution >= 0.6 is 0 Å². The highest BCUT2D eigenvalue weighted by atomic mass is 16.3. The summed E-state index contributed by atoms with van der Waals surface area (Å²) in [5, 5.41) is 17.2. The second-order valence-electron chi connectivity index (χ2n) is 10.0. The number of para-hydroxylation sites is 1. The monoisotopic (exact) mass is 473 g/mol. The number of benzene rings is 1. The number of nitrogens with zero attached hydrogens (tertiary/aromatic N) is 3. The fraction of sp³-hybridized carbons (Fsp3) is 0.464. The molecule has 3 aromatic rings. The maximum Gasteiger partial charge on any atom is 0.252 e. The van der Waals surface area contributed by atoms with Crippen molar-refractivity contribution in [1.82, 2.24) is 20.6 Å². The second-order valence-corrected chi connectivity index (χ2v) is 10.0. The number of aromatic nitrogens is 2. The fourth-order valence-electron chi connectivity index (χ4n) is 5.45. The van der Waals surface area contributed by atoms with Gasteiger partial charge in [-0.3, -0.25) is 4.79 Å². The molecule has 35 heavy (non-hydrogen) atoms. The Hall–Kier alpha value is -3.03. The van der Waals surface area contributed by atoms with Gasteiger partial charge in [0.05, 0.1) is 22.9 Å². The second kappa shape index (κ2) is 10.7. The van der Waals surface area contributed by atoms with Gasteiger partial charge in [-0.1, -0.05) is 18.2 Å². The first kappa shape index (κ1) is 23.7. The minimum Gasteiger partial charge on any atom is -0.391 e. The molecular weight excluding hydrogens is 438 g/mol. The van der Waals surface area contributed by atoms with Crippen molar-refractivity contribution in [3.63, 3.8) is 0 Å². The van der Waals surface area contributed by atoms with E-state index in [1.807, 2.05) is 55.7 Å². The number of hydrogen-bond donors (Lipinski definition) is 3. The van der Waals surface area contributed by atoms with Gasteiger partial charge in [-0.05, 0) is 81.8 Å². The summed E-state index contributed by atoms with van der Waals surface area (Å²) in [7, 11) is 2.02. The number of anilines is 1. The zero-order chi connectivity index (χ0) is 24.2. The van der Waals surface area contributed by atoms with Crippen LogP contribution in [0.2, 0.25) is 0 Å². The molecule has 0 bridgehead atoms. The Bertz CT molecular complexity index is 1160. The Morgan fingerprint density at radius 1 is 1.06 bits per heavy atom. The molecule has 1 atom stereocenters. The maximum absolute atomic E-state index is 13.3. The van der Waals surface area contributed by atoms with Crippen LogP contribution in [0.4, 0.5) is 5.82 Å². The SMILES string of the molecule is CNCC1CCC(CNC(=O)c2cc(-c3ccc(N4CC[C@@H](O)C4)nc3)nc3ccccc23)CC1. The number of carbonyl (C=O) groups is 1. The van der Waals surface area contributed by atoms with Gasteiger partial charge in [-0.2, -0.15) is 0 Å². The molecule has 184 valence electrons. The summed E-state index contributed by atoms with van der Waals surface area (Å²) < 4.78 is 0. The van der Waals surface area contributed by atoms with E-state index < -0.39 is 0 Å². The molecule has 0 radical (unpaired) electrons. The Morgan fingerprint density at radius 3 is 2.51 bits per heavy atom. The molecule has 1 saturated heterocycles. The van der Waals surface area contributed by atoms with Crippen LogP contribution in [0.15, 0.2) is 48.7 Å². The first-order valence-corrected chi connectivity index (χ1v) is 12.8. The molecular formula is C28H35N5O2. The van der Waals surface area contributed by atoms with Crippen LogP contribution in [-0.4, -0.2) is 60.3 Å². The molecule has 1 saturated carbocycles. The third kappa shape index (κ3) is 5.46. The highest BCUT2D eigenvalue weighted by molar-refractivity contribution is 6.07. The summed E-state index contributed by atoms with van der Waals surface area (Å²) in [4.78, 5) is 24.8. The minimum absolute atomic E-state index is 0.0437. The van der Waals surface area contributed by atoms with Crippen LogP contribution in [0.25, 0.3) is 22.2 Å². The lowest BCUT2D eigenvalue weighted by Crippen LogP contribution is -2.32. The van der Waals surface area contributed by atoms with E-state index in [0.29, 0.717) is 18.0 Å². The topological polar surface area (TPSA) is 90.4 Å². The first-order chi connectivity index (χ1) is 17.1. The van der Waals surface area contributed by atoms with Crippen molar-refractivity contribution in [1.29, 1.82) is 0 Å². The van der Waals surface area contributed by atoms with Gasteiger partial charge in [0, 0.05) is 36.8 Å². The molecule has 1 aromatic carbocycles. The van der Waals surface area contributed by atoms with Crippen LogP contribution in [0.5, 0.6) is 0 Å². The Kier molecular flexibility index (Phi) is 7.25. The zero-order valence-electron chi connectivity index (χ0n) is 20.4. The quantitative estimate of drug-likeness (QED) is 0.486. The lowest BCUT2D eigenvalue weighted by molar-refractivity contribution is 0.0943. The Balaban J connectivity index is 1.32. The van der Waals surface area contributed by atoms with Crippen molar-refractivity contribution < 1.29 is 9.90 Å². The third-order valence-electron chi connectivity index (χ3n) is 7.50. The third-order valence-corrected chi connectivity index (χ3v) is 7.50. The molecule has 1 amide bonds. The predicted octanol–water partition coefficient (Wildman–Crippen LogP) is 3.62. The average Bonchev–Trinajstić information content (AvgIpc) is 3.34. The summed E-state index contributed by atoms with van der Waals surface area (Å²) in [5.41, 5.74) is 3.06. The minimum atomic E-state index is -0.289. The number of pyridine rings is 2. The summed E-state index contributed by atoms with van der Waals surface area (Å²) in [6, 6.07) is 13.7. The van der Waals surface area contributed by atoms with E-state index in [2.05, 4.69) is 20.5 Å². The molecule has 0 unspecified atom stereocenters. The molecule has 3 heterocycles. The number of hydrogen-bond acceptors (Lipinski definition) is 6. The molecule has 0 spiro atoms. The summed E-state index contributed by atoms with van der Waals surface area (Å²) in [5.74, 6) is 2.11. The highest BCUT2D eigenvalue weighted by Gasteiger charge is 2.23. The number of fused-ring (bicyclic) bond motifs is 1. The molecule has 5 rings (SSSR count). The van der Waals surface area contributed by atoms with E-state index in [1.165, 1.54) is 25.7 Å². The molecule has 1 aliphatic heterocycles. The lowest BCUT2D eigenvalue weighted by Gasteiger charge is -2.28. The van der Waals surface area contributed by atoms with Gasteiger partial charge in [0.1, 0.15) is 5.82 Å². The van der Waals surface area contributed by atoms with Gasteiger partial charge in [-0.15, -0.1) is 0 Å². The predicted molar refractivity (Wildman–Crippen MR) is 140 cm³/mol. The molecule has 1 aliphatic carbocycles. The van der Waals surface area contributed by atoms with Crippen molar-refractivity contribution in [2.45, 2.75) is 38.2 Å². The van der Waals surface area contributed by atoms with Gasteiger partial charge in [0.2, 0.25) is 0 Å². The molecule has 2 aromatic heterocycles. The van der Waals surface area contributed by atoms with Gasteiger partial charge in [0.15, 0.2) is 0 Å².